The van der Waals surface area contributed by atoms with E-state index < -0.39 is 5.54 Å². The molecule has 0 aliphatic carbocycles. The summed E-state index contributed by atoms with van der Waals surface area (Å²) in [5, 5.41) is 3.45. The molecular weight excluding hydrogens is 274 g/mol. The summed E-state index contributed by atoms with van der Waals surface area (Å²) < 4.78 is 6.32. The molecule has 2 heterocycles. The molecule has 20 heavy (non-hydrogen) atoms. The molecule has 1 amide bonds. The lowest BCUT2D eigenvalue weighted by molar-refractivity contribution is -0.124. The third-order valence-electron chi connectivity index (χ3n) is 3.60. The normalized spacial score (nSPS) is 18.1. The van der Waals surface area contributed by atoms with Crippen LogP contribution in [-0.2, 0) is 9.53 Å². The fraction of sp³-hybridized carbons (Fsp3) is 0.429. The Balaban J connectivity index is 1.80. The van der Waals surface area contributed by atoms with Gasteiger partial charge in [-0.05, 0) is 37.5 Å². The maximum atomic E-state index is 12.3. The van der Waals surface area contributed by atoms with Crippen LogP contribution in [0.5, 0.6) is 0 Å². The van der Waals surface area contributed by atoms with Gasteiger partial charge in [-0.25, -0.2) is 4.98 Å². The lowest BCUT2D eigenvalue weighted by atomic mass is 9.90. The Labute approximate surface area is 121 Å². The molecule has 0 atom stereocenters. The Morgan fingerprint density at radius 3 is 2.95 bits per heavy atom. The molecule has 1 fully saturated rings. The summed E-state index contributed by atoms with van der Waals surface area (Å²) in [7, 11) is 0. The minimum absolute atomic E-state index is 0.170. The fourth-order valence-corrected chi connectivity index (χ4v) is 3.23. The van der Waals surface area contributed by atoms with E-state index in [1.807, 2.05) is 19.1 Å². The lowest BCUT2D eigenvalue weighted by Gasteiger charge is -2.31. The third kappa shape index (κ3) is 2.54. The van der Waals surface area contributed by atoms with Gasteiger partial charge in [-0.2, -0.15) is 0 Å². The van der Waals surface area contributed by atoms with E-state index in [0.29, 0.717) is 31.2 Å². The van der Waals surface area contributed by atoms with Crippen molar-refractivity contribution in [3.63, 3.8) is 0 Å². The van der Waals surface area contributed by atoms with Crippen molar-refractivity contribution in [1.82, 2.24) is 4.98 Å². The van der Waals surface area contributed by atoms with Crippen LogP contribution < -0.4 is 11.1 Å². The number of benzene rings is 1. The van der Waals surface area contributed by atoms with Gasteiger partial charge >= 0.3 is 0 Å². The van der Waals surface area contributed by atoms with E-state index in [2.05, 4.69) is 16.4 Å². The molecular formula is C14H17N3O2S. The van der Waals surface area contributed by atoms with Gasteiger partial charge in [0, 0.05) is 13.2 Å². The SMILES string of the molecule is Cc1ccc2nc(NC(=O)C3(N)CCOCC3)sc2c1. The average molecular weight is 291 g/mol. The maximum Gasteiger partial charge on any atom is 0.246 e. The zero-order valence-electron chi connectivity index (χ0n) is 11.3. The summed E-state index contributed by atoms with van der Waals surface area (Å²) in [4.78, 5) is 16.7. The van der Waals surface area contributed by atoms with Crippen LogP contribution in [-0.4, -0.2) is 29.6 Å². The number of fused-ring (bicyclic) bond motifs is 1. The number of thiazole rings is 1. The average Bonchev–Trinajstić information content (AvgIpc) is 2.81. The number of hydrogen-bond acceptors (Lipinski definition) is 5. The van der Waals surface area contributed by atoms with E-state index in [0.717, 1.165) is 10.2 Å². The number of hydrogen-bond donors (Lipinski definition) is 2. The van der Waals surface area contributed by atoms with E-state index in [1.165, 1.54) is 16.9 Å². The quantitative estimate of drug-likeness (QED) is 0.887. The summed E-state index contributed by atoms with van der Waals surface area (Å²) in [5.41, 5.74) is 7.39. The molecule has 1 aromatic heterocycles. The van der Waals surface area contributed by atoms with Crippen molar-refractivity contribution in [3.8, 4) is 0 Å². The second kappa shape index (κ2) is 5.12. The van der Waals surface area contributed by atoms with Gasteiger partial charge in [-0.15, -0.1) is 0 Å². The Morgan fingerprint density at radius 1 is 1.45 bits per heavy atom. The van der Waals surface area contributed by atoms with Gasteiger partial charge in [-0.1, -0.05) is 17.4 Å². The van der Waals surface area contributed by atoms with Gasteiger partial charge in [0.1, 0.15) is 5.54 Å². The van der Waals surface area contributed by atoms with Crippen LogP contribution in [0.1, 0.15) is 18.4 Å². The molecule has 1 saturated heterocycles. The van der Waals surface area contributed by atoms with Crippen molar-refractivity contribution < 1.29 is 9.53 Å². The maximum absolute atomic E-state index is 12.3. The molecule has 1 aromatic carbocycles. The molecule has 1 aliphatic heterocycles. The highest BCUT2D eigenvalue weighted by molar-refractivity contribution is 7.22. The monoisotopic (exact) mass is 291 g/mol. The van der Waals surface area contributed by atoms with Gasteiger partial charge in [-0.3, -0.25) is 4.79 Å². The number of aromatic nitrogens is 1. The molecule has 3 rings (SSSR count). The van der Waals surface area contributed by atoms with E-state index in [-0.39, 0.29) is 5.91 Å². The van der Waals surface area contributed by atoms with Crippen molar-refractivity contribution >= 4 is 32.6 Å². The molecule has 0 spiro atoms. The molecule has 5 nitrogen and oxygen atoms in total. The molecule has 3 N–H and O–H groups in total. The van der Waals surface area contributed by atoms with E-state index in [4.69, 9.17) is 10.5 Å². The van der Waals surface area contributed by atoms with Crippen LogP contribution in [0.4, 0.5) is 5.13 Å². The van der Waals surface area contributed by atoms with Gasteiger partial charge in [0.05, 0.1) is 10.2 Å². The molecule has 0 saturated carbocycles. The van der Waals surface area contributed by atoms with Crippen LogP contribution in [0.3, 0.4) is 0 Å². The first-order valence-corrected chi connectivity index (χ1v) is 7.44. The first-order chi connectivity index (χ1) is 9.57. The summed E-state index contributed by atoms with van der Waals surface area (Å²) in [6, 6.07) is 6.04. The molecule has 2 aromatic rings. The second-order valence-electron chi connectivity index (χ2n) is 5.21. The van der Waals surface area contributed by atoms with Crippen LogP contribution >= 0.6 is 11.3 Å². The number of aryl methyl sites for hydroxylation is 1. The number of ether oxygens (including phenoxy) is 1. The van der Waals surface area contributed by atoms with Crippen LogP contribution in [0.15, 0.2) is 18.2 Å². The number of carbonyl (C=O) groups is 1. The van der Waals surface area contributed by atoms with Crippen molar-refractivity contribution in [2.45, 2.75) is 25.3 Å². The zero-order chi connectivity index (χ0) is 14.2. The number of anilines is 1. The minimum Gasteiger partial charge on any atom is -0.381 e. The first-order valence-electron chi connectivity index (χ1n) is 6.62. The van der Waals surface area contributed by atoms with Crippen molar-refractivity contribution in [2.75, 3.05) is 18.5 Å². The summed E-state index contributed by atoms with van der Waals surface area (Å²) >= 11 is 1.47. The van der Waals surface area contributed by atoms with Crippen LogP contribution in [0, 0.1) is 6.92 Å². The second-order valence-corrected chi connectivity index (χ2v) is 6.24. The highest BCUT2D eigenvalue weighted by Crippen LogP contribution is 2.28. The first kappa shape index (κ1) is 13.5. The van der Waals surface area contributed by atoms with E-state index in [9.17, 15) is 4.79 Å². The van der Waals surface area contributed by atoms with Crippen LogP contribution in [0.25, 0.3) is 10.2 Å². The van der Waals surface area contributed by atoms with Crippen LogP contribution in [0.2, 0.25) is 0 Å². The van der Waals surface area contributed by atoms with Crippen molar-refractivity contribution in [1.29, 1.82) is 0 Å². The summed E-state index contributed by atoms with van der Waals surface area (Å²) in [6.45, 7) is 3.10. The summed E-state index contributed by atoms with van der Waals surface area (Å²) in [6.07, 6.45) is 1.09. The fourth-order valence-electron chi connectivity index (χ4n) is 2.27. The number of amides is 1. The van der Waals surface area contributed by atoms with Gasteiger partial charge in [0.25, 0.3) is 0 Å². The van der Waals surface area contributed by atoms with Crippen molar-refractivity contribution in [3.05, 3.63) is 23.8 Å². The van der Waals surface area contributed by atoms with E-state index in [1.54, 1.807) is 0 Å². The molecule has 0 bridgehead atoms. The van der Waals surface area contributed by atoms with Crippen molar-refractivity contribution in [2.24, 2.45) is 5.73 Å². The number of carbonyl (C=O) groups excluding carboxylic acids is 1. The molecule has 106 valence electrons. The molecule has 6 heteroatoms. The van der Waals surface area contributed by atoms with Gasteiger partial charge in [0.15, 0.2) is 5.13 Å². The highest BCUT2D eigenvalue weighted by atomic mass is 32.1. The van der Waals surface area contributed by atoms with E-state index >= 15 is 0 Å². The lowest BCUT2D eigenvalue weighted by Crippen LogP contribution is -2.54. The standard InChI is InChI=1S/C14H17N3O2S/c1-9-2-3-10-11(8-9)20-13(16-10)17-12(18)14(15)4-6-19-7-5-14/h2-3,8H,4-7,15H2,1H3,(H,16,17,18). The zero-order valence-corrected chi connectivity index (χ0v) is 12.1. The molecule has 1 aliphatic rings. The number of nitrogens with two attached hydrogens (primary N) is 1. The minimum atomic E-state index is -0.841. The Kier molecular flexibility index (Phi) is 3.45. The molecule has 0 radical (unpaired) electrons. The Morgan fingerprint density at radius 2 is 2.20 bits per heavy atom. The predicted octanol–water partition coefficient (Wildman–Crippen LogP) is 2.05. The number of nitrogens with zero attached hydrogens (tertiary/aromatic N) is 1. The topological polar surface area (TPSA) is 77.2 Å². The predicted molar refractivity (Wildman–Crippen MR) is 80.0 cm³/mol. The summed E-state index contributed by atoms with van der Waals surface area (Å²) in [5.74, 6) is -0.170. The third-order valence-corrected chi connectivity index (χ3v) is 4.54. The largest absolute Gasteiger partial charge is 0.381 e. The highest BCUT2D eigenvalue weighted by Gasteiger charge is 2.36. The number of rotatable bonds is 2. The Hall–Kier alpha value is -1.50. The van der Waals surface area contributed by atoms with Gasteiger partial charge < -0.3 is 15.8 Å². The molecule has 0 unspecified atom stereocenters. The Bertz CT molecular complexity index is 647. The van der Waals surface area contributed by atoms with Gasteiger partial charge in [0.2, 0.25) is 5.91 Å². The smallest absolute Gasteiger partial charge is 0.246 e. The number of nitrogens with one attached hydrogen (secondary N) is 1.